The van der Waals surface area contributed by atoms with Gasteiger partial charge in [0, 0.05) is 38.4 Å². The summed E-state index contributed by atoms with van der Waals surface area (Å²) in [7, 11) is -0.298. The molecular weight excluding hydrogens is 364 g/mol. The lowest BCUT2D eigenvalue weighted by Gasteiger charge is -2.35. The molecule has 25 heavy (non-hydrogen) atoms. The molecule has 1 aliphatic rings. The molecule has 0 amide bonds. The monoisotopic (exact) mass is 386 g/mol. The Balaban J connectivity index is 0.00000225. The Hall–Kier alpha value is -1.61. The molecule has 2 aromatic rings. The molecule has 0 spiro atoms. The standard InChI is InChI=1S/C16H22N4O3S.ClH/c1-12-18-16(11-19(12)2)24(21,22)20-9-8-17-10-14(20)13-6-4-5-7-15(13)23-3;/h4-7,11,14,17H,8-10H2,1-3H3;1H. The van der Waals surface area contributed by atoms with E-state index in [-0.39, 0.29) is 23.5 Å². The third-order valence-corrected chi connectivity index (χ3v) is 6.13. The summed E-state index contributed by atoms with van der Waals surface area (Å²) >= 11 is 0. The largest absolute Gasteiger partial charge is 0.496 e. The van der Waals surface area contributed by atoms with Crippen LogP contribution in [0.1, 0.15) is 17.4 Å². The number of rotatable bonds is 4. The molecule has 1 N–H and O–H groups in total. The number of para-hydroxylation sites is 1. The topological polar surface area (TPSA) is 76.5 Å². The third kappa shape index (κ3) is 3.67. The molecule has 1 aromatic carbocycles. The van der Waals surface area contributed by atoms with E-state index < -0.39 is 10.0 Å². The quantitative estimate of drug-likeness (QED) is 0.861. The molecule has 1 saturated heterocycles. The highest BCUT2D eigenvalue weighted by Crippen LogP contribution is 2.33. The van der Waals surface area contributed by atoms with Gasteiger partial charge in [0.2, 0.25) is 0 Å². The summed E-state index contributed by atoms with van der Waals surface area (Å²) in [6.45, 7) is 3.32. The fourth-order valence-electron chi connectivity index (χ4n) is 2.95. The highest BCUT2D eigenvalue weighted by molar-refractivity contribution is 7.89. The van der Waals surface area contributed by atoms with Crippen LogP contribution < -0.4 is 10.1 Å². The maximum absolute atomic E-state index is 13.1. The Labute approximate surface area is 154 Å². The van der Waals surface area contributed by atoms with Gasteiger partial charge in [-0.2, -0.15) is 4.31 Å². The summed E-state index contributed by atoms with van der Waals surface area (Å²) in [5.41, 5.74) is 0.850. The smallest absolute Gasteiger partial charge is 0.262 e. The van der Waals surface area contributed by atoms with Crippen LogP contribution in [0, 0.1) is 6.92 Å². The Kier molecular flexibility index (Phi) is 6.10. The minimum absolute atomic E-state index is 0. The van der Waals surface area contributed by atoms with Crippen LogP contribution in [-0.2, 0) is 17.1 Å². The molecule has 138 valence electrons. The lowest BCUT2D eigenvalue weighted by Crippen LogP contribution is -2.48. The van der Waals surface area contributed by atoms with Gasteiger partial charge in [0.15, 0.2) is 5.03 Å². The zero-order valence-electron chi connectivity index (χ0n) is 14.5. The number of benzene rings is 1. The van der Waals surface area contributed by atoms with E-state index >= 15 is 0 Å². The lowest BCUT2D eigenvalue weighted by atomic mass is 10.0. The predicted octanol–water partition coefficient (Wildman–Crippen LogP) is 1.49. The molecule has 0 saturated carbocycles. The summed E-state index contributed by atoms with van der Waals surface area (Å²) in [6, 6.07) is 7.19. The van der Waals surface area contributed by atoms with Crippen molar-refractivity contribution in [2.24, 2.45) is 7.05 Å². The van der Waals surface area contributed by atoms with E-state index in [1.54, 1.807) is 31.8 Å². The van der Waals surface area contributed by atoms with E-state index in [9.17, 15) is 8.42 Å². The van der Waals surface area contributed by atoms with Gasteiger partial charge in [-0.05, 0) is 13.0 Å². The maximum Gasteiger partial charge on any atom is 0.262 e. The SMILES string of the molecule is COc1ccccc1C1CNCCN1S(=O)(=O)c1cn(C)c(C)n1.Cl. The van der Waals surface area contributed by atoms with Crippen LogP contribution in [0.15, 0.2) is 35.5 Å². The van der Waals surface area contributed by atoms with E-state index in [1.807, 2.05) is 24.3 Å². The van der Waals surface area contributed by atoms with Crippen molar-refractivity contribution < 1.29 is 13.2 Å². The zero-order valence-corrected chi connectivity index (χ0v) is 16.1. The van der Waals surface area contributed by atoms with E-state index in [4.69, 9.17) is 4.74 Å². The average Bonchev–Trinajstić information content (AvgIpc) is 2.94. The molecule has 1 atom stereocenters. The Morgan fingerprint density at radius 1 is 1.32 bits per heavy atom. The number of aryl methyl sites for hydroxylation is 2. The molecule has 9 heteroatoms. The zero-order chi connectivity index (χ0) is 17.3. The number of piperazine rings is 1. The van der Waals surface area contributed by atoms with Gasteiger partial charge < -0.3 is 14.6 Å². The van der Waals surface area contributed by atoms with Crippen molar-refractivity contribution in [1.82, 2.24) is 19.2 Å². The van der Waals surface area contributed by atoms with Gasteiger partial charge in [0.1, 0.15) is 11.6 Å². The van der Waals surface area contributed by atoms with E-state index in [0.29, 0.717) is 31.2 Å². The van der Waals surface area contributed by atoms with Crippen molar-refractivity contribution in [1.29, 1.82) is 0 Å². The number of methoxy groups -OCH3 is 1. The molecule has 3 rings (SSSR count). The Morgan fingerprint density at radius 3 is 2.68 bits per heavy atom. The number of hydrogen-bond donors (Lipinski definition) is 1. The Bertz CT molecular complexity index is 818. The number of aromatic nitrogens is 2. The molecular formula is C16H23ClN4O3S. The second-order valence-electron chi connectivity index (χ2n) is 5.81. The van der Waals surface area contributed by atoms with Crippen molar-refractivity contribution >= 4 is 22.4 Å². The van der Waals surface area contributed by atoms with Crippen molar-refractivity contribution in [2.75, 3.05) is 26.7 Å². The number of nitrogens with zero attached hydrogens (tertiary/aromatic N) is 3. The van der Waals surface area contributed by atoms with E-state index in [2.05, 4.69) is 10.3 Å². The predicted molar refractivity (Wildman–Crippen MR) is 97.7 cm³/mol. The molecule has 7 nitrogen and oxygen atoms in total. The van der Waals surface area contributed by atoms with Gasteiger partial charge in [0.05, 0.1) is 13.2 Å². The first-order chi connectivity index (χ1) is 11.4. The number of imidazole rings is 1. The summed E-state index contributed by atoms with van der Waals surface area (Å²) in [6.07, 6.45) is 1.56. The maximum atomic E-state index is 13.1. The highest BCUT2D eigenvalue weighted by atomic mass is 35.5. The second kappa shape index (κ2) is 7.74. The summed E-state index contributed by atoms with van der Waals surface area (Å²) in [4.78, 5) is 4.21. The van der Waals surface area contributed by atoms with Crippen LogP contribution in [0.2, 0.25) is 0 Å². The molecule has 1 fully saturated rings. The van der Waals surface area contributed by atoms with Crippen LogP contribution in [0.4, 0.5) is 0 Å². The number of sulfonamides is 1. The van der Waals surface area contributed by atoms with Crippen molar-refractivity contribution in [3.8, 4) is 5.75 Å². The fraction of sp³-hybridized carbons (Fsp3) is 0.438. The molecule has 2 heterocycles. The summed E-state index contributed by atoms with van der Waals surface area (Å²) < 4.78 is 34.9. The first-order valence-electron chi connectivity index (χ1n) is 7.80. The van der Waals surface area contributed by atoms with Gasteiger partial charge in [-0.15, -0.1) is 12.4 Å². The molecule has 0 bridgehead atoms. The first-order valence-corrected chi connectivity index (χ1v) is 9.24. The van der Waals surface area contributed by atoms with Crippen LogP contribution in [-0.4, -0.2) is 49.0 Å². The number of halogens is 1. The van der Waals surface area contributed by atoms with E-state index in [1.165, 1.54) is 4.31 Å². The Morgan fingerprint density at radius 2 is 2.04 bits per heavy atom. The number of hydrogen-bond acceptors (Lipinski definition) is 5. The van der Waals surface area contributed by atoms with Crippen molar-refractivity contribution in [2.45, 2.75) is 18.0 Å². The fourth-order valence-corrected chi connectivity index (χ4v) is 4.58. The highest BCUT2D eigenvalue weighted by Gasteiger charge is 2.37. The van der Waals surface area contributed by atoms with Gasteiger partial charge in [-0.3, -0.25) is 0 Å². The molecule has 0 radical (unpaired) electrons. The minimum atomic E-state index is -3.68. The average molecular weight is 387 g/mol. The summed E-state index contributed by atoms with van der Waals surface area (Å²) in [5, 5.41) is 3.35. The normalized spacial score (nSPS) is 18.6. The van der Waals surface area contributed by atoms with Gasteiger partial charge >= 0.3 is 0 Å². The van der Waals surface area contributed by atoms with Crippen LogP contribution >= 0.6 is 12.4 Å². The minimum Gasteiger partial charge on any atom is -0.496 e. The molecule has 1 aliphatic heterocycles. The lowest BCUT2D eigenvalue weighted by molar-refractivity contribution is 0.264. The van der Waals surface area contributed by atoms with Crippen LogP contribution in [0.3, 0.4) is 0 Å². The molecule has 0 aliphatic carbocycles. The number of nitrogens with one attached hydrogen (secondary N) is 1. The van der Waals surface area contributed by atoms with Gasteiger partial charge in [-0.25, -0.2) is 13.4 Å². The van der Waals surface area contributed by atoms with Crippen molar-refractivity contribution in [3.63, 3.8) is 0 Å². The second-order valence-corrected chi connectivity index (χ2v) is 7.65. The van der Waals surface area contributed by atoms with Crippen LogP contribution in [0.25, 0.3) is 0 Å². The van der Waals surface area contributed by atoms with Gasteiger partial charge in [-0.1, -0.05) is 18.2 Å². The third-order valence-electron chi connectivity index (χ3n) is 4.35. The summed E-state index contributed by atoms with van der Waals surface area (Å²) in [5.74, 6) is 1.35. The molecule has 1 unspecified atom stereocenters. The van der Waals surface area contributed by atoms with Gasteiger partial charge in [0.25, 0.3) is 10.0 Å². The molecule has 1 aromatic heterocycles. The van der Waals surface area contributed by atoms with E-state index in [0.717, 1.165) is 5.56 Å². The first kappa shape index (κ1) is 19.7. The number of ether oxygens (including phenoxy) is 1. The van der Waals surface area contributed by atoms with Crippen LogP contribution in [0.5, 0.6) is 5.75 Å². The van der Waals surface area contributed by atoms with Crippen molar-refractivity contribution in [3.05, 3.63) is 41.9 Å².